The minimum Gasteiger partial charge on any atom is -0.350 e. The monoisotopic (exact) mass is 279 g/mol. The molecule has 1 amide bonds. The molecule has 2 rings (SSSR count). The third-order valence-electron chi connectivity index (χ3n) is 2.58. The van der Waals surface area contributed by atoms with E-state index in [1.165, 1.54) is 18.2 Å². The molecule has 4 nitrogen and oxygen atoms in total. The van der Waals surface area contributed by atoms with Crippen molar-refractivity contribution < 1.29 is 9.18 Å². The Bertz CT molecular complexity index is 597. The summed E-state index contributed by atoms with van der Waals surface area (Å²) in [6.45, 7) is 2.87. The van der Waals surface area contributed by atoms with E-state index in [0.29, 0.717) is 18.0 Å². The lowest BCUT2D eigenvalue weighted by Gasteiger charge is -2.07. The molecular weight excluding hydrogens is 265 g/mol. The molecule has 0 aliphatic rings. The van der Waals surface area contributed by atoms with Gasteiger partial charge in [-0.25, -0.2) is 4.39 Å². The molecule has 0 atom stereocenters. The van der Waals surface area contributed by atoms with Crippen molar-refractivity contribution in [2.45, 2.75) is 18.4 Å². The number of amides is 1. The Morgan fingerprint density at radius 2 is 2.32 bits per heavy atom. The summed E-state index contributed by atoms with van der Waals surface area (Å²) < 4.78 is 15.2. The van der Waals surface area contributed by atoms with Crippen LogP contribution >= 0.6 is 12.6 Å². The van der Waals surface area contributed by atoms with E-state index in [0.717, 1.165) is 5.56 Å². The first-order valence-electron chi connectivity index (χ1n) is 5.82. The van der Waals surface area contributed by atoms with Gasteiger partial charge in [-0.05, 0) is 30.7 Å². The predicted octanol–water partition coefficient (Wildman–Crippen LogP) is 2.05. The van der Waals surface area contributed by atoms with Crippen LogP contribution in [-0.4, -0.2) is 22.2 Å². The van der Waals surface area contributed by atoms with Crippen molar-refractivity contribution in [3.8, 4) is 0 Å². The Morgan fingerprint density at radius 1 is 1.53 bits per heavy atom. The maximum Gasteiger partial charge on any atom is 0.254 e. The number of benzene rings is 1. The number of nitrogens with one attached hydrogen (secondary N) is 1. The standard InChI is InChI=1S/C13H14FN3OS/c1-9-7-16-17(8-9)5-4-15-13(18)11-6-10(19)2-3-12(11)14/h2-3,6-8,19H,4-5H2,1H3,(H,15,18). The zero-order valence-corrected chi connectivity index (χ0v) is 11.3. The maximum absolute atomic E-state index is 13.5. The van der Waals surface area contributed by atoms with Crippen LogP contribution in [0.15, 0.2) is 35.5 Å². The fourth-order valence-electron chi connectivity index (χ4n) is 1.66. The lowest BCUT2D eigenvalue weighted by atomic mass is 10.2. The van der Waals surface area contributed by atoms with Crippen molar-refractivity contribution in [2.24, 2.45) is 0 Å². The summed E-state index contributed by atoms with van der Waals surface area (Å²) in [5.74, 6) is -0.998. The average Bonchev–Trinajstić information content (AvgIpc) is 2.78. The lowest BCUT2D eigenvalue weighted by molar-refractivity contribution is 0.0947. The zero-order chi connectivity index (χ0) is 13.8. The molecule has 6 heteroatoms. The van der Waals surface area contributed by atoms with Gasteiger partial charge in [-0.2, -0.15) is 5.10 Å². The van der Waals surface area contributed by atoms with Crippen molar-refractivity contribution >= 4 is 18.5 Å². The molecule has 1 aromatic carbocycles. The van der Waals surface area contributed by atoms with Crippen molar-refractivity contribution in [1.29, 1.82) is 0 Å². The summed E-state index contributed by atoms with van der Waals surface area (Å²) >= 11 is 4.09. The first-order valence-corrected chi connectivity index (χ1v) is 6.27. The minimum absolute atomic E-state index is 0.00384. The highest BCUT2D eigenvalue weighted by Crippen LogP contribution is 2.13. The summed E-state index contributed by atoms with van der Waals surface area (Å²) in [5.41, 5.74) is 1.06. The van der Waals surface area contributed by atoms with Gasteiger partial charge in [0.2, 0.25) is 0 Å². The van der Waals surface area contributed by atoms with E-state index in [4.69, 9.17) is 0 Å². The van der Waals surface area contributed by atoms with Crippen LogP contribution in [-0.2, 0) is 6.54 Å². The van der Waals surface area contributed by atoms with Gasteiger partial charge in [-0.3, -0.25) is 9.48 Å². The number of hydrogen-bond donors (Lipinski definition) is 2. The van der Waals surface area contributed by atoms with Gasteiger partial charge in [0.15, 0.2) is 0 Å². The molecule has 0 radical (unpaired) electrons. The van der Waals surface area contributed by atoms with E-state index in [1.54, 1.807) is 10.9 Å². The zero-order valence-electron chi connectivity index (χ0n) is 10.4. The van der Waals surface area contributed by atoms with Gasteiger partial charge in [0.1, 0.15) is 5.82 Å². The van der Waals surface area contributed by atoms with Crippen molar-refractivity contribution in [3.63, 3.8) is 0 Å². The highest BCUT2D eigenvalue weighted by atomic mass is 32.1. The van der Waals surface area contributed by atoms with Crippen LogP contribution in [0.5, 0.6) is 0 Å². The summed E-state index contributed by atoms with van der Waals surface area (Å²) in [6.07, 6.45) is 3.62. The second kappa shape index (κ2) is 5.88. The number of nitrogens with zero attached hydrogens (tertiary/aromatic N) is 2. The number of halogens is 1. The molecule has 0 saturated heterocycles. The number of hydrogen-bond acceptors (Lipinski definition) is 3. The van der Waals surface area contributed by atoms with Crippen LogP contribution < -0.4 is 5.32 Å². The second-order valence-electron chi connectivity index (χ2n) is 4.20. The first kappa shape index (κ1) is 13.6. The second-order valence-corrected chi connectivity index (χ2v) is 4.72. The molecule has 1 aromatic heterocycles. The normalized spacial score (nSPS) is 10.5. The molecule has 100 valence electrons. The van der Waals surface area contributed by atoms with Gasteiger partial charge in [0.25, 0.3) is 5.91 Å². The number of thiol groups is 1. The quantitative estimate of drug-likeness (QED) is 0.841. The van der Waals surface area contributed by atoms with Gasteiger partial charge in [-0.15, -0.1) is 12.6 Å². The van der Waals surface area contributed by atoms with Crippen LogP contribution in [0.1, 0.15) is 15.9 Å². The van der Waals surface area contributed by atoms with Crippen LogP contribution in [0.3, 0.4) is 0 Å². The Kier molecular flexibility index (Phi) is 4.21. The average molecular weight is 279 g/mol. The molecule has 1 heterocycles. The number of carbonyl (C=O) groups is 1. The SMILES string of the molecule is Cc1cnn(CCNC(=O)c2cc(S)ccc2F)c1. The number of aromatic nitrogens is 2. The van der Waals surface area contributed by atoms with E-state index >= 15 is 0 Å². The lowest BCUT2D eigenvalue weighted by Crippen LogP contribution is -2.28. The van der Waals surface area contributed by atoms with Gasteiger partial charge in [-0.1, -0.05) is 0 Å². The molecule has 0 bridgehead atoms. The largest absolute Gasteiger partial charge is 0.350 e. The van der Waals surface area contributed by atoms with E-state index in [2.05, 4.69) is 23.0 Å². The van der Waals surface area contributed by atoms with Crippen LogP contribution in [0.4, 0.5) is 4.39 Å². The van der Waals surface area contributed by atoms with Gasteiger partial charge in [0, 0.05) is 17.6 Å². The van der Waals surface area contributed by atoms with Crippen molar-refractivity contribution in [2.75, 3.05) is 6.54 Å². The third-order valence-corrected chi connectivity index (χ3v) is 2.86. The topological polar surface area (TPSA) is 46.9 Å². The smallest absolute Gasteiger partial charge is 0.254 e. The van der Waals surface area contributed by atoms with Crippen molar-refractivity contribution in [1.82, 2.24) is 15.1 Å². The number of carbonyl (C=O) groups excluding carboxylic acids is 1. The highest BCUT2D eigenvalue weighted by molar-refractivity contribution is 7.80. The van der Waals surface area contributed by atoms with E-state index < -0.39 is 11.7 Å². The number of aryl methyl sites for hydroxylation is 1. The third kappa shape index (κ3) is 3.57. The maximum atomic E-state index is 13.5. The fraction of sp³-hybridized carbons (Fsp3) is 0.231. The molecule has 19 heavy (non-hydrogen) atoms. The van der Waals surface area contributed by atoms with Crippen LogP contribution in [0.2, 0.25) is 0 Å². The van der Waals surface area contributed by atoms with Gasteiger partial charge >= 0.3 is 0 Å². The van der Waals surface area contributed by atoms with E-state index in [1.807, 2.05) is 13.1 Å². The van der Waals surface area contributed by atoms with E-state index in [9.17, 15) is 9.18 Å². The summed E-state index contributed by atoms with van der Waals surface area (Å²) in [6, 6.07) is 4.14. The number of rotatable bonds is 4. The Hall–Kier alpha value is -1.82. The van der Waals surface area contributed by atoms with Gasteiger partial charge in [0.05, 0.1) is 18.3 Å². The van der Waals surface area contributed by atoms with E-state index in [-0.39, 0.29) is 5.56 Å². The summed E-state index contributed by atoms with van der Waals surface area (Å²) in [5, 5.41) is 6.75. The molecule has 0 fully saturated rings. The fourth-order valence-corrected chi connectivity index (χ4v) is 1.86. The van der Waals surface area contributed by atoms with Crippen LogP contribution in [0.25, 0.3) is 0 Å². The molecule has 0 spiro atoms. The Balaban J connectivity index is 1.92. The molecule has 0 unspecified atom stereocenters. The van der Waals surface area contributed by atoms with Crippen molar-refractivity contribution in [3.05, 3.63) is 47.5 Å². The van der Waals surface area contributed by atoms with Gasteiger partial charge < -0.3 is 5.32 Å². The predicted molar refractivity (Wildman–Crippen MR) is 72.9 cm³/mol. The molecule has 0 aliphatic heterocycles. The molecule has 0 aliphatic carbocycles. The molecule has 2 aromatic rings. The highest BCUT2D eigenvalue weighted by Gasteiger charge is 2.11. The summed E-state index contributed by atoms with van der Waals surface area (Å²) in [7, 11) is 0. The molecular formula is C13H14FN3OS. The Labute approximate surface area is 116 Å². The molecule has 1 N–H and O–H groups in total. The first-order chi connectivity index (χ1) is 9.06. The molecule has 0 saturated carbocycles. The van der Waals surface area contributed by atoms with Crippen LogP contribution in [0, 0.1) is 12.7 Å². The summed E-state index contributed by atoms with van der Waals surface area (Å²) in [4.78, 5) is 12.3. The minimum atomic E-state index is -0.551. The Morgan fingerprint density at radius 3 is 3.00 bits per heavy atom.